The molecule has 0 N–H and O–H groups in total. The first-order valence-electron chi connectivity index (χ1n) is 4.31. The molecule has 0 radical (unpaired) electrons. The van der Waals surface area contributed by atoms with Gasteiger partial charge in [0.05, 0.1) is 23.5 Å². The molecule has 2 aromatic rings. The summed E-state index contributed by atoms with van der Waals surface area (Å²) < 4.78 is 1.79. The van der Waals surface area contributed by atoms with Crippen molar-refractivity contribution in [3.8, 4) is 11.8 Å². The molecule has 0 aliphatic rings. The van der Waals surface area contributed by atoms with E-state index in [-0.39, 0.29) is 0 Å². The molecule has 0 spiro atoms. The monoisotopic (exact) mass is 183 g/mol. The van der Waals surface area contributed by atoms with Gasteiger partial charge in [-0.05, 0) is 36.8 Å². The molecule has 0 aliphatic carbocycles. The molecule has 0 amide bonds. The topological polar surface area (TPSA) is 41.6 Å². The van der Waals surface area contributed by atoms with Crippen LogP contribution in [-0.2, 0) is 0 Å². The van der Waals surface area contributed by atoms with E-state index >= 15 is 0 Å². The summed E-state index contributed by atoms with van der Waals surface area (Å²) in [6.45, 7) is 1.99. The minimum Gasteiger partial charge on any atom is -0.241 e. The third kappa shape index (κ3) is 1.50. The normalized spacial score (nSPS) is 9.71. The van der Waals surface area contributed by atoms with Crippen molar-refractivity contribution in [2.75, 3.05) is 0 Å². The molecule has 1 heterocycles. The predicted molar refractivity (Wildman–Crippen MR) is 53.0 cm³/mol. The van der Waals surface area contributed by atoms with Gasteiger partial charge in [-0.1, -0.05) is 0 Å². The lowest BCUT2D eigenvalue weighted by molar-refractivity contribution is 0.880. The van der Waals surface area contributed by atoms with Crippen molar-refractivity contribution in [3.63, 3.8) is 0 Å². The first-order valence-corrected chi connectivity index (χ1v) is 4.31. The van der Waals surface area contributed by atoms with Crippen molar-refractivity contribution in [1.82, 2.24) is 9.78 Å². The fourth-order valence-electron chi connectivity index (χ4n) is 1.24. The third-order valence-corrected chi connectivity index (χ3v) is 1.97. The fraction of sp³-hybridized carbons (Fsp3) is 0.0909. The number of hydrogen-bond donors (Lipinski definition) is 0. The van der Waals surface area contributed by atoms with Crippen molar-refractivity contribution >= 4 is 0 Å². The Morgan fingerprint density at radius 3 is 2.50 bits per heavy atom. The second-order valence-corrected chi connectivity index (χ2v) is 3.12. The molecule has 14 heavy (non-hydrogen) atoms. The summed E-state index contributed by atoms with van der Waals surface area (Å²) in [4.78, 5) is 0. The van der Waals surface area contributed by atoms with Gasteiger partial charge in [-0.3, -0.25) is 0 Å². The molecule has 1 aromatic carbocycles. The fourth-order valence-corrected chi connectivity index (χ4v) is 1.24. The molecule has 0 unspecified atom stereocenters. The van der Waals surface area contributed by atoms with Crippen LogP contribution in [0.4, 0.5) is 0 Å². The minimum atomic E-state index is 0.664. The molecule has 0 saturated carbocycles. The van der Waals surface area contributed by atoms with Crippen LogP contribution in [0.5, 0.6) is 0 Å². The third-order valence-electron chi connectivity index (χ3n) is 1.97. The van der Waals surface area contributed by atoms with Crippen molar-refractivity contribution in [2.24, 2.45) is 0 Å². The van der Waals surface area contributed by atoms with E-state index in [2.05, 4.69) is 11.2 Å². The van der Waals surface area contributed by atoms with Gasteiger partial charge in [-0.15, -0.1) is 0 Å². The van der Waals surface area contributed by atoms with E-state index in [9.17, 15) is 0 Å². The van der Waals surface area contributed by atoms with Crippen LogP contribution in [0.15, 0.2) is 36.7 Å². The maximum atomic E-state index is 8.63. The Morgan fingerprint density at radius 2 is 2.00 bits per heavy atom. The van der Waals surface area contributed by atoms with Crippen molar-refractivity contribution < 1.29 is 0 Å². The Kier molecular flexibility index (Phi) is 2.04. The highest BCUT2D eigenvalue weighted by Gasteiger charge is 1.97. The molecule has 0 aliphatic heterocycles. The number of benzene rings is 1. The van der Waals surface area contributed by atoms with E-state index in [4.69, 9.17) is 5.26 Å². The summed E-state index contributed by atoms with van der Waals surface area (Å²) in [6.07, 6.45) is 3.75. The lowest BCUT2D eigenvalue weighted by Gasteiger charge is -1.99. The molecular weight excluding hydrogens is 174 g/mol. The maximum Gasteiger partial charge on any atom is 0.0991 e. The van der Waals surface area contributed by atoms with Crippen molar-refractivity contribution in [3.05, 3.63) is 47.8 Å². The van der Waals surface area contributed by atoms with E-state index in [0.717, 1.165) is 11.3 Å². The highest BCUT2D eigenvalue weighted by atomic mass is 15.3. The Hall–Kier alpha value is -2.08. The molecule has 2 rings (SSSR count). The highest BCUT2D eigenvalue weighted by Crippen LogP contribution is 2.08. The predicted octanol–water partition coefficient (Wildman–Crippen LogP) is 2.05. The Morgan fingerprint density at radius 1 is 1.29 bits per heavy atom. The summed E-state index contributed by atoms with van der Waals surface area (Å²) in [6, 6.07) is 9.41. The number of nitrogens with zero attached hydrogens (tertiary/aromatic N) is 3. The second-order valence-electron chi connectivity index (χ2n) is 3.12. The molecular formula is C11H9N3. The zero-order valence-electron chi connectivity index (χ0n) is 7.81. The largest absolute Gasteiger partial charge is 0.241 e. The van der Waals surface area contributed by atoms with Crippen LogP contribution in [0, 0.1) is 18.3 Å². The van der Waals surface area contributed by atoms with Crippen LogP contribution in [-0.4, -0.2) is 9.78 Å². The summed E-state index contributed by atoms with van der Waals surface area (Å²) in [5.41, 5.74) is 2.75. The van der Waals surface area contributed by atoms with Crippen LogP contribution in [0.25, 0.3) is 5.69 Å². The molecule has 0 bridgehead atoms. The second kappa shape index (κ2) is 3.35. The van der Waals surface area contributed by atoms with Crippen LogP contribution < -0.4 is 0 Å². The van der Waals surface area contributed by atoms with Crippen molar-refractivity contribution in [1.29, 1.82) is 5.26 Å². The molecule has 3 nitrogen and oxygen atoms in total. The standard InChI is InChI=1S/C11H9N3/c1-9-7-13-14(8-9)11-4-2-10(6-12)3-5-11/h2-5,7-8H,1H3. The number of aromatic nitrogens is 2. The molecule has 0 saturated heterocycles. The van der Waals surface area contributed by atoms with Gasteiger partial charge in [-0.2, -0.15) is 10.4 Å². The molecule has 0 fully saturated rings. The summed E-state index contributed by atoms with van der Waals surface area (Å²) in [7, 11) is 0. The van der Waals surface area contributed by atoms with Gasteiger partial charge in [0, 0.05) is 6.20 Å². The summed E-state index contributed by atoms with van der Waals surface area (Å²) >= 11 is 0. The summed E-state index contributed by atoms with van der Waals surface area (Å²) in [5, 5.41) is 12.8. The van der Waals surface area contributed by atoms with Gasteiger partial charge < -0.3 is 0 Å². The zero-order chi connectivity index (χ0) is 9.97. The van der Waals surface area contributed by atoms with Gasteiger partial charge >= 0.3 is 0 Å². The van der Waals surface area contributed by atoms with Crippen molar-refractivity contribution in [2.45, 2.75) is 6.92 Å². The number of hydrogen-bond acceptors (Lipinski definition) is 2. The minimum absolute atomic E-state index is 0.664. The van der Waals surface area contributed by atoms with Crippen LogP contribution in [0.1, 0.15) is 11.1 Å². The SMILES string of the molecule is Cc1cnn(-c2ccc(C#N)cc2)c1. The van der Waals surface area contributed by atoms with E-state index in [1.54, 1.807) is 23.0 Å². The number of rotatable bonds is 1. The maximum absolute atomic E-state index is 8.63. The van der Waals surface area contributed by atoms with Crippen LogP contribution in [0.2, 0.25) is 0 Å². The van der Waals surface area contributed by atoms with E-state index in [1.807, 2.05) is 25.3 Å². The van der Waals surface area contributed by atoms with Gasteiger partial charge in [0.15, 0.2) is 0 Å². The Labute approximate surface area is 82.2 Å². The molecule has 3 heteroatoms. The Balaban J connectivity index is 2.39. The molecule has 1 aromatic heterocycles. The van der Waals surface area contributed by atoms with E-state index < -0.39 is 0 Å². The molecule has 0 atom stereocenters. The van der Waals surface area contributed by atoms with Gasteiger partial charge in [-0.25, -0.2) is 4.68 Å². The first-order chi connectivity index (χ1) is 6.79. The number of nitriles is 1. The van der Waals surface area contributed by atoms with Crippen LogP contribution >= 0.6 is 0 Å². The van der Waals surface area contributed by atoms with E-state index in [1.165, 1.54) is 0 Å². The lowest BCUT2D eigenvalue weighted by atomic mass is 10.2. The smallest absolute Gasteiger partial charge is 0.0991 e. The highest BCUT2D eigenvalue weighted by molar-refractivity contribution is 5.38. The average molecular weight is 183 g/mol. The average Bonchev–Trinajstić information content (AvgIpc) is 2.65. The van der Waals surface area contributed by atoms with Gasteiger partial charge in [0.1, 0.15) is 0 Å². The Bertz CT molecular complexity index is 474. The van der Waals surface area contributed by atoms with Gasteiger partial charge in [0.25, 0.3) is 0 Å². The number of aryl methyl sites for hydroxylation is 1. The lowest BCUT2D eigenvalue weighted by Crippen LogP contribution is -1.93. The van der Waals surface area contributed by atoms with Crippen LogP contribution in [0.3, 0.4) is 0 Å². The molecule has 68 valence electrons. The summed E-state index contributed by atoms with van der Waals surface area (Å²) in [5.74, 6) is 0. The zero-order valence-corrected chi connectivity index (χ0v) is 7.81. The first kappa shape index (κ1) is 8.52. The van der Waals surface area contributed by atoms with E-state index in [0.29, 0.717) is 5.56 Å². The van der Waals surface area contributed by atoms with Gasteiger partial charge in [0.2, 0.25) is 0 Å². The quantitative estimate of drug-likeness (QED) is 0.679.